The minimum atomic E-state index is 0.0555. The summed E-state index contributed by atoms with van der Waals surface area (Å²) in [7, 11) is 0. The van der Waals surface area contributed by atoms with Gasteiger partial charge < -0.3 is 14.8 Å². The average molecular weight is 359 g/mol. The van der Waals surface area contributed by atoms with Gasteiger partial charge in [0, 0.05) is 34.9 Å². The maximum absolute atomic E-state index is 5.74. The molecular weight excluding hydrogens is 332 g/mol. The number of rotatable bonds is 8. The van der Waals surface area contributed by atoms with Gasteiger partial charge in [0.25, 0.3) is 0 Å². The second kappa shape index (κ2) is 8.71. The zero-order valence-corrected chi connectivity index (χ0v) is 15.3. The van der Waals surface area contributed by atoms with Gasteiger partial charge in [0.2, 0.25) is 5.88 Å². The summed E-state index contributed by atoms with van der Waals surface area (Å²) >= 11 is 3.46. The third-order valence-corrected chi connectivity index (χ3v) is 3.05. The van der Waals surface area contributed by atoms with Crippen molar-refractivity contribution in [3.63, 3.8) is 0 Å². The molecule has 21 heavy (non-hydrogen) atoms. The van der Waals surface area contributed by atoms with Crippen LogP contribution in [0.5, 0.6) is 5.88 Å². The molecule has 1 heterocycles. The number of hydrogen-bond donors (Lipinski definition) is 1. The van der Waals surface area contributed by atoms with Crippen LogP contribution >= 0.6 is 15.9 Å². The Balaban J connectivity index is 2.52. The van der Waals surface area contributed by atoms with Crippen LogP contribution in [0, 0.1) is 5.92 Å². The van der Waals surface area contributed by atoms with Crippen molar-refractivity contribution < 1.29 is 9.47 Å². The predicted octanol–water partition coefficient (Wildman–Crippen LogP) is 3.78. The fourth-order valence-electron chi connectivity index (χ4n) is 1.60. The molecule has 0 aliphatic heterocycles. The van der Waals surface area contributed by atoms with Crippen LogP contribution in [0.15, 0.2) is 16.7 Å². The van der Waals surface area contributed by atoms with Gasteiger partial charge in [-0.25, -0.2) is 4.98 Å². The van der Waals surface area contributed by atoms with Crippen molar-refractivity contribution in [2.45, 2.75) is 46.7 Å². The first kappa shape index (κ1) is 18.4. The Morgan fingerprint density at radius 2 is 2.00 bits per heavy atom. The first-order valence-electron chi connectivity index (χ1n) is 7.38. The van der Waals surface area contributed by atoms with E-state index in [4.69, 9.17) is 9.47 Å². The molecule has 1 aromatic heterocycles. The van der Waals surface area contributed by atoms with E-state index in [0.717, 1.165) is 23.2 Å². The molecule has 5 heteroatoms. The highest BCUT2D eigenvalue weighted by Crippen LogP contribution is 2.20. The maximum Gasteiger partial charge on any atom is 0.217 e. The van der Waals surface area contributed by atoms with Crippen LogP contribution in [0.2, 0.25) is 0 Å². The molecule has 1 rings (SSSR count). The van der Waals surface area contributed by atoms with Crippen molar-refractivity contribution in [3.05, 3.63) is 22.3 Å². The van der Waals surface area contributed by atoms with Crippen LogP contribution < -0.4 is 10.1 Å². The molecule has 0 aliphatic carbocycles. The Morgan fingerprint density at radius 1 is 1.29 bits per heavy atom. The molecule has 0 radical (unpaired) electrons. The first-order chi connectivity index (χ1) is 9.78. The zero-order chi connectivity index (χ0) is 15.9. The number of nitrogens with zero attached hydrogens (tertiary/aromatic N) is 1. The molecule has 1 aromatic rings. The van der Waals surface area contributed by atoms with Gasteiger partial charge in [-0.3, -0.25) is 0 Å². The molecular formula is C16H27BrN2O2. The van der Waals surface area contributed by atoms with Gasteiger partial charge in [-0.1, -0.05) is 13.8 Å². The summed E-state index contributed by atoms with van der Waals surface area (Å²) in [4.78, 5) is 4.35. The summed E-state index contributed by atoms with van der Waals surface area (Å²) in [5.41, 5.74) is 1.10. The van der Waals surface area contributed by atoms with E-state index in [2.05, 4.69) is 60.8 Å². The molecule has 0 saturated carbocycles. The lowest BCUT2D eigenvalue weighted by atomic mass is 10.1. The lowest BCUT2D eigenvalue weighted by Gasteiger charge is -2.21. The van der Waals surface area contributed by atoms with Crippen molar-refractivity contribution in [1.29, 1.82) is 0 Å². The molecule has 1 N–H and O–H groups in total. The summed E-state index contributed by atoms with van der Waals surface area (Å²) in [6, 6.07) is 2.04. The van der Waals surface area contributed by atoms with E-state index in [1.165, 1.54) is 0 Å². The molecule has 0 saturated heterocycles. The molecule has 0 spiro atoms. The fourth-order valence-corrected chi connectivity index (χ4v) is 1.98. The van der Waals surface area contributed by atoms with Crippen LogP contribution in [-0.4, -0.2) is 30.3 Å². The summed E-state index contributed by atoms with van der Waals surface area (Å²) in [6.45, 7) is 13.3. The predicted molar refractivity (Wildman–Crippen MR) is 89.7 cm³/mol. The van der Waals surface area contributed by atoms with E-state index < -0.39 is 0 Å². The van der Waals surface area contributed by atoms with Gasteiger partial charge in [0.05, 0.1) is 6.61 Å². The van der Waals surface area contributed by atoms with E-state index >= 15 is 0 Å². The van der Waals surface area contributed by atoms with Crippen LogP contribution in [0.4, 0.5) is 0 Å². The van der Waals surface area contributed by atoms with E-state index in [-0.39, 0.29) is 5.54 Å². The Bertz CT molecular complexity index is 431. The molecule has 0 aromatic carbocycles. The topological polar surface area (TPSA) is 43.4 Å². The number of ether oxygens (including phenoxy) is 2. The van der Waals surface area contributed by atoms with Crippen molar-refractivity contribution in [2.24, 2.45) is 5.92 Å². The van der Waals surface area contributed by atoms with Gasteiger partial charge in [0.15, 0.2) is 0 Å². The largest absolute Gasteiger partial charge is 0.475 e. The maximum atomic E-state index is 5.74. The summed E-state index contributed by atoms with van der Waals surface area (Å²) in [5.74, 6) is 1.21. The van der Waals surface area contributed by atoms with E-state index in [1.807, 2.05) is 6.07 Å². The summed E-state index contributed by atoms with van der Waals surface area (Å²) in [5, 5.41) is 3.45. The van der Waals surface area contributed by atoms with Crippen molar-refractivity contribution in [2.75, 3.05) is 19.8 Å². The van der Waals surface area contributed by atoms with Gasteiger partial charge in [-0.15, -0.1) is 0 Å². The smallest absolute Gasteiger partial charge is 0.217 e. The fraction of sp³-hybridized carbons (Fsp3) is 0.688. The first-order valence-corrected chi connectivity index (χ1v) is 8.17. The van der Waals surface area contributed by atoms with Crippen LogP contribution in [0.25, 0.3) is 0 Å². The molecule has 0 bridgehead atoms. The van der Waals surface area contributed by atoms with E-state index in [1.54, 1.807) is 6.20 Å². The van der Waals surface area contributed by atoms with Crippen molar-refractivity contribution >= 4 is 15.9 Å². The van der Waals surface area contributed by atoms with Gasteiger partial charge in [-0.2, -0.15) is 0 Å². The van der Waals surface area contributed by atoms with E-state index in [9.17, 15) is 0 Å². The lowest BCUT2D eigenvalue weighted by molar-refractivity contribution is 0.0802. The lowest BCUT2D eigenvalue weighted by Crippen LogP contribution is -2.35. The number of nitrogens with one attached hydrogen (secondary N) is 1. The van der Waals surface area contributed by atoms with Crippen molar-refractivity contribution in [1.82, 2.24) is 10.3 Å². The highest BCUT2D eigenvalue weighted by atomic mass is 79.9. The molecule has 0 atom stereocenters. The van der Waals surface area contributed by atoms with Crippen molar-refractivity contribution in [3.8, 4) is 5.88 Å². The van der Waals surface area contributed by atoms with Gasteiger partial charge in [0.1, 0.15) is 6.61 Å². The highest BCUT2D eigenvalue weighted by Gasteiger charge is 2.12. The van der Waals surface area contributed by atoms with Crippen LogP contribution in [0.3, 0.4) is 0 Å². The van der Waals surface area contributed by atoms with Gasteiger partial charge >= 0.3 is 0 Å². The summed E-state index contributed by atoms with van der Waals surface area (Å²) in [6.07, 6.45) is 1.75. The van der Waals surface area contributed by atoms with Crippen LogP contribution in [0.1, 0.15) is 40.2 Å². The molecule has 120 valence electrons. The van der Waals surface area contributed by atoms with Crippen LogP contribution in [-0.2, 0) is 11.3 Å². The minimum absolute atomic E-state index is 0.0555. The Labute approximate surface area is 136 Å². The molecule has 0 amide bonds. The van der Waals surface area contributed by atoms with E-state index in [0.29, 0.717) is 25.0 Å². The number of hydrogen-bond acceptors (Lipinski definition) is 4. The third-order valence-electron chi connectivity index (χ3n) is 2.62. The number of pyridine rings is 1. The molecule has 0 aliphatic rings. The minimum Gasteiger partial charge on any atom is -0.475 e. The standard InChI is InChI=1S/C16H27BrN2O2/c1-12(2)11-20-6-7-21-15-13(8-14(17)10-18-15)9-19-16(3,4)5/h8,10,12,19H,6-7,9,11H2,1-5H3. The zero-order valence-electron chi connectivity index (χ0n) is 13.7. The SMILES string of the molecule is CC(C)COCCOc1ncc(Br)cc1CNC(C)(C)C. The normalized spacial score (nSPS) is 12.0. The number of halogens is 1. The Morgan fingerprint density at radius 3 is 2.62 bits per heavy atom. The second-order valence-electron chi connectivity index (χ2n) is 6.54. The quantitative estimate of drug-likeness (QED) is 0.718. The Hall–Kier alpha value is -0.650. The molecule has 0 fully saturated rings. The van der Waals surface area contributed by atoms with Gasteiger partial charge in [-0.05, 0) is 48.7 Å². The number of aromatic nitrogens is 1. The third kappa shape index (κ3) is 8.39. The molecule has 0 unspecified atom stereocenters. The highest BCUT2D eigenvalue weighted by molar-refractivity contribution is 9.10. The summed E-state index contributed by atoms with van der Waals surface area (Å²) < 4.78 is 12.2. The Kier molecular flexibility index (Phi) is 7.63. The average Bonchev–Trinajstić information content (AvgIpc) is 2.36. The second-order valence-corrected chi connectivity index (χ2v) is 7.45. The molecule has 4 nitrogen and oxygen atoms in total. The monoisotopic (exact) mass is 358 g/mol.